The molecule has 0 bridgehead atoms. The van der Waals surface area contributed by atoms with Crippen molar-refractivity contribution in [1.29, 1.82) is 0 Å². The number of amides is 1. The first-order chi connectivity index (χ1) is 14.2. The first kappa shape index (κ1) is 18.7. The minimum atomic E-state index is -0.0759. The zero-order chi connectivity index (χ0) is 20.1. The van der Waals surface area contributed by atoms with E-state index in [2.05, 4.69) is 15.4 Å². The standard InChI is InChI=1S/C23H22N4O2/c1-17-7-9-18(10-8-17)21-15-24-23(29-21)12-11-22(28)26-20-6-3-2-5-19(20)16-27-14-4-13-25-27/h2-10,13-15H,11-12,16H2,1H3,(H,26,28). The predicted octanol–water partition coefficient (Wildman–Crippen LogP) is 4.47. The first-order valence-electron chi connectivity index (χ1n) is 9.54. The summed E-state index contributed by atoms with van der Waals surface area (Å²) in [5, 5.41) is 7.21. The summed E-state index contributed by atoms with van der Waals surface area (Å²) in [4.78, 5) is 16.8. The number of nitrogens with zero attached hydrogens (tertiary/aromatic N) is 3. The van der Waals surface area contributed by atoms with Crippen LogP contribution in [0.15, 0.2) is 77.6 Å². The van der Waals surface area contributed by atoms with Gasteiger partial charge in [-0.05, 0) is 24.6 Å². The molecule has 4 rings (SSSR count). The molecule has 146 valence electrons. The third-order valence-corrected chi connectivity index (χ3v) is 4.64. The summed E-state index contributed by atoms with van der Waals surface area (Å²) in [5.74, 6) is 1.19. The fourth-order valence-corrected chi connectivity index (χ4v) is 3.06. The minimum absolute atomic E-state index is 0.0759. The molecule has 29 heavy (non-hydrogen) atoms. The van der Waals surface area contributed by atoms with Gasteiger partial charge in [0.1, 0.15) is 0 Å². The van der Waals surface area contributed by atoms with E-state index in [1.54, 1.807) is 12.4 Å². The fourth-order valence-electron chi connectivity index (χ4n) is 3.06. The van der Waals surface area contributed by atoms with Crippen LogP contribution in [-0.4, -0.2) is 20.7 Å². The Labute approximate surface area is 169 Å². The molecule has 0 radical (unpaired) electrons. The van der Waals surface area contributed by atoms with Crippen molar-refractivity contribution in [2.75, 3.05) is 5.32 Å². The van der Waals surface area contributed by atoms with Crippen LogP contribution in [0, 0.1) is 6.92 Å². The van der Waals surface area contributed by atoms with Crippen molar-refractivity contribution < 1.29 is 9.21 Å². The van der Waals surface area contributed by atoms with Gasteiger partial charge in [-0.25, -0.2) is 4.98 Å². The second kappa shape index (κ2) is 8.56. The SMILES string of the molecule is Cc1ccc(-c2cnc(CCC(=O)Nc3ccccc3Cn3cccn3)o2)cc1. The van der Waals surface area contributed by atoms with Crippen molar-refractivity contribution in [3.8, 4) is 11.3 Å². The second-order valence-electron chi connectivity index (χ2n) is 6.89. The highest BCUT2D eigenvalue weighted by molar-refractivity contribution is 5.91. The maximum Gasteiger partial charge on any atom is 0.224 e. The lowest BCUT2D eigenvalue weighted by Crippen LogP contribution is -2.14. The van der Waals surface area contributed by atoms with Gasteiger partial charge in [-0.3, -0.25) is 9.48 Å². The van der Waals surface area contributed by atoms with Gasteiger partial charge >= 0.3 is 0 Å². The fraction of sp³-hybridized carbons (Fsp3) is 0.174. The van der Waals surface area contributed by atoms with E-state index >= 15 is 0 Å². The topological polar surface area (TPSA) is 73.0 Å². The molecule has 0 atom stereocenters. The Bertz CT molecular complexity index is 1080. The first-order valence-corrected chi connectivity index (χ1v) is 9.54. The molecule has 0 aliphatic rings. The maximum atomic E-state index is 12.5. The molecule has 1 amide bonds. The van der Waals surface area contributed by atoms with Gasteiger partial charge in [0.2, 0.25) is 5.91 Å². The van der Waals surface area contributed by atoms with Crippen LogP contribution in [0.5, 0.6) is 0 Å². The van der Waals surface area contributed by atoms with Crippen LogP contribution in [0.1, 0.15) is 23.4 Å². The molecule has 2 aromatic heterocycles. The smallest absolute Gasteiger partial charge is 0.224 e. The molecule has 6 nitrogen and oxygen atoms in total. The number of oxazole rings is 1. The van der Waals surface area contributed by atoms with Gasteiger partial charge in [0.05, 0.1) is 12.7 Å². The van der Waals surface area contributed by atoms with Crippen molar-refractivity contribution in [1.82, 2.24) is 14.8 Å². The highest BCUT2D eigenvalue weighted by atomic mass is 16.4. The molecule has 0 unspecified atom stereocenters. The molecule has 2 aromatic carbocycles. The Morgan fingerprint density at radius 3 is 2.72 bits per heavy atom. The van der Waals surface area contributed by atoms with Gasteiger partial charge in [-0.1, -0.05) is 48.0 Å². The number of rotatable bonds is 7. The van der Waals surface area contributed by atoms with Crippen LogP contribution in [-0.2, 0) is 17.8 Å². The van der Waals surface area contributed by atoms with Gasteiger partial charge in [-0.2, -0.15) is 5.10 Å². The molecule has 0 saturated carbocycles. The van der Waals surface area contributed by atoms with E-state index in [0.717, 1.165) is 16.8 Å². The highest BCUT2D eigenvalue weighted by Gasteiger charge is 2.11. The monoisotopic (exact) mass is 386 g/mol. The van der Waals surface area contributed by atoms with E-state index in [4.69, 9.17) is 4.42 Å². The average molecular weight is 386 g/mol. The summed E-state index contributed by atoms with van der Waals surface area (Å²) in [5.41, 5.74) is 3.97. The molecule has 1 N–H and O–H groups in total. The Morgan fingerprint density at radius 2 is 1.93 bits per heavy atom. The van der Waals surface area contributed by atoms with E-state index < -0.39 is 0 Å². The molecule has 0 aliphatic carbocycles. The van der Waals surface area contributed by atoms with Crippen LogP contribution in [0.25, 0.3) is 11.3 Å². The number of para-hydroxylation sites is 1. The Kier molecular flexibility index (Phi) is 5.52. The quantitative estimate of drug-likeness (QED) is 0.509. The lowest BCUT2D eigenvalue weighted by atomic mass is 10.1. The van der Waals surface area contributed by atoms with Gasteiger partial charge in [0.25, 0.3) is 0 Å². The second-order valence-corrected chi connectivity index (χ2v) is 6.89. The van der Waals surface area contributed by atoms with E-state index in [1.165, 1.54) is 5.56 Å². The molecule has 6 heteroatoms. The summed E-state index contributed by atoms with van der Waals surface area (Å²) in [7, 11) is 0. The number of nitrogens with one attached hydrogen (secondary N) is 1. The Balaban J connectivity index is 1.36. The number of benzene rings is 2. The molecule has 0 fully saturated rings. The average Bonchev–Trinajstić information content (AvgIpc) is 3.41. The van der Waals surface area contributed by atoms with Gasteiger partial charge in [-0.15, -0.1) is 0 Å². The van der Waals surface area contributed by atoms with Crippen LogP contribution in [0.3, 0.4) is 0 Å². The third-order valence-electron chi connectivity index (χ3n) is 4.64. The lowest BCUT2D eigenvalue weighted by molar-refractivity contribution is -0.116. The van der Waals surface area contributed by atoms with E-state index in [9.17, 15) is 4.79 Å². The zero-order valence-corrected chi connectivity index (χ0v) is 16.2. The molecule has 0 saturated heterocycles. The van der Waals surface area contributed by atoms with Gasteiger partial charge in [0, 0.05) is 36.5 Å². The van der Waals surface area contributed by atoms with E-state index in [-0.39, 0.29) is 5.91 Å². The normalized spacial score (nSPS) is 10.8. The summed E-state index contributed by atoms with van der Waals surface area (Å²) < 4.78 is 7.63. The maximum absolute atomic E-state index is 12.5. The highest BCUT2D eigenvalue weighted by Crippen LogP contribution is 2.22. The van der Waals surface area contributed by atoms with Crippen molar-refractivity contribution in [3.05, 3.63) is 90.2 Å². The van der Waals surface area contributed by atoms with Crippen LogP contribution < -0.4 is 5.32 Å². The summed E-state index contributed by atoms with van der Waals surface area (Å²) in [6.07, 6.45) is 6.08. The Morgan fingerprint density at radius 1 is 1.10 bits per heavy atom. The molecule has 0 aliphatic heterocycles. The van der Waals surface area contributed by atoms with Crippen molar-refractivity contribution in [2.24, 2.45) is 0 Å². The molecule has 0 spiro atoms. The third kappa shape index (κ3) is 4.79. The number of hydrogen-bond acceptors (Lipinski definition) is 4. The summed E-state index contributed by atoms with van der Waals surface area (Å²) in [6.45, 7) is 2.64. The number of carbonyl (C=O) groups excluding carboxylic acids is 1. The van der Waals surface area contributed by atoms with Gasteiger partial charge < -0.3 is 9.73 Å². The number of carbonyl (C=O) groups is 1. The van der Waals surface area contributed by atoms with Crippen molar-refractivity contribution in [3.63, 3.8) is 0 Å². The number of aromatic nitrogens is 3. The van der Waals surface area contributed by atoms with Crippen molar-refractivity contribution in [2.45, 2.75) is 26.3 Å². The number of hydrogen-bond donors (Lipinski definition) is 1. The van der Waals surface area contributed by atoms with Crippen molar-refractivity contribution >= 4 is 11.6 Å². The van der Waals surface area contributed by atoms with Crippen LogP contribution in [0.2, 0.25) is 0 Å². The number of aryl methyl sites for hydroxylation is 2. The summed E-state index contributed by atoms with van der Waals surface area (Å²) in [6, 6.07) is 17.7. The zero-order valence-electron chi connectivity index (χ0n) is 16.2. The van der Waals surface area contributed by atoms with E-state index in [0.29, 0.717) is 31.0 Å². The lowest BCUT2D eigenvalue weighted by Gasteiger charge is -2.11. The molecule has 2 heterocycles. The predicted molar refractivity (Wildman–Crippen MR) is 111 cm³/mol. The van der Waals surface area contributed by atoms with Crippen LogP contribution in [0.4, 0.5) is 5.69 Å². The molecular formula is C23H22N4O2. The largest absolute Gasteiger partial charge is 0.441 e. The number of anilines is 1. The minimum Gasteiger partial charge on any atom is -0.441 e. The van der Waals surface area contributed by atoms with Gasteiger partial charge in [0.15, 0.2) is 11.7 Å². The summed E-state index contributed by atoms with van der Waals surface area (Å²) >= 11 is 0. The van der Waals surface area contributed by atoms with Crippen LogP contribution >= 0.6 is 0 Å². The molecular weight excluding hydrogens is 364 g/mol. The molecule has 4 aromatic rings. The van der Waals surface area contributed by atoms with E-state index in [1.807, 2.05) is 72.4 Å². The Hall–Kier alpha value is -3.67.